The average molecular weight is 322 g/mol. The lowest BCUT2D eigenvalue weighted by molar-refractivity contribution is 0.562. The van der Waals surface area contributed by atoms with Crippen LogP contribution in [0.3, 0.4) is 0 Å². The van der Waals surface area contributed by atoms with Crippen molar-refractivity contribution in [2.45, 2.75) is 18.2 Å². The summed E-state index contributed by atoms with van der Waals surface area (Å²) >= 11 is 7.36. The van der Waals surface area contributed by atoms with Crippen LogP contribution >= 0.6 is 23.4 Å². The molecule has 0 fully saturated rings. The average Bonchev–Trinajstić information content (AvgIpc) is 2.38. The van der Waals surface area contributed by atoms with Gasteiger partial charge in [-0.25, -0.2) is 13.1 Å². The van der Waals surface area contributed by atoms with E-state index in [0.29, 0.717) is 23.2 Å². The summed E-state index contributed by atoms with van der Waals surface area (Å²) in [6, 6.07) is 6.87. The number of rotatable bonds is 8. The van der Waals surface area contributed by atoms with Crippen molar-refractivity contribution in [2.24, 2.45) is 5.92 Å². The van der Waals surface area contributed by atoms with Crippen molar-refractivity contribution in [3.8, 4) is 0 Å². The minimum absolute atomic E-state index is 0.308. The maximum atomic E-state index is 12.1. The number of alkyl halides is 1. The van der Waals surface area contributed by atoms with Crippen molar-refractivity contribution >= 4 is 33.4 Å². The van der Waals surface area contributed by atoms with Crippen LogP contribution in [0.4, 0.5) is 0 Å². The van der Waals surface area contributed by atoms with Crippen LogP contribution in [0.15, 0.2) is 29.2 Å². The van der Waals surface area contributed by atoms with E-state index >= 15 is 0 Å². The van der Waals surface area contributed by atoms with E-state index in [9.17, 15) is 8.42 Å². The van der Waals surface area contributed by atoms with Crippen LogP contribution < -0.4 is 4.72 Å². The first-order valence-electron chi connectivity index (χ1n) is 6.13. The van der Waals surface area contributed by atoms with E-state index in [-0.39, 0.29) is 0 Å². The highest BCUT2D eigenvalue weighted by Crippen LogP contribution is 2.12. The third kappa shape index (κ3) is 5.73. The molecule has 1 aromatic carbocycles. The second-order valence-electron chi connectivity index (χ2n) is 4.50. The second kappa shape index (κ2) is 8.15. The van der Waals surface area contributed by atoms with E-state index in [0.717, 1.165) is 17.7 Å². The Labute approximate surface area is 125 Å². The fourth-order valence-electron chi connectivity index (χ4n) is 1.62. The molecule has 0 aliphatic rings. The number of thioether (sulfide) groups is 1. The Hall–Kier alpha value is -0.230. The summed E-state index contributed by atoms with van der Waals surface area (Å²) in [5.74, 6) is 1.80. The predicted octanol–water partition coefficient (Wildman–Crippen LogP) is 2.75. The minimum Gasteiger partial charge on any atom is -0.211 e. The Bertz CT molecular complexity index is 474. The Morgan fingerprint density at radius 3 is 2.47 bits per heavy atom. The smallest absolute Gasteiger partial charge is 0.211 e. The molecule has 1 unspecified atom stereocenters. The summed E-state index contributed by atoms with van der Waals surface area (Å²) in [6.07, 6.45) is 2.76. The van der Waals surface area contributed by atoms with Crippen molar-refractivity contribution in [3.63, 3.8) is 0 Å². The largest absolute Gasteiger partial charge is 0.240 e. The molecule has 108 valence electrons. The van der Waals surface area contributed by atoms with Crippen LogP contribution in [0, 0.1) is 5.92 Å². The molecule has 1 aromatic rings. The van der Waals surface area contributed by atoms with Crippen molar-refractivity contribution in [2.75, 3.05) is 24.4 Å². The van der Waals surface area contributed by atoms with Gasteiger partial charge < -0.3 is 0 Å². The van der Waals surface area contributed by atoms with Gasteiger partial charge in [-0.05, 0) is 42.0 Å². The fourth-order valence-corrected chi connectivity index (χ4v) is 3.69. The molecule has 0 heterocycles. The number of hydrogen-bond donors (Lipinski definition) is 1. The molecule has 6 heteroatoms. The molecule has 1 rings (SSSR count). The van der Waals surface area contributed by atoms with Crippen LogP contribution in [0.25, 0.3) is 0 Å². The molecule has 0 spiro atoms. The second-order valence-corrected chi connectivity index (χ2v) is 7.55. The zero-order valence-corrected chi connectivity index (χ0v) is 13.6. The standard InChI is InChI=1S/C13H20ClNO2S2/c1-11(10-18-2)9-15-19(16,17)13-5-3-12(4-6-13)7-8-14/h3-6,11,15H,7-10H2,1-2H3. The van der Waals surface area contributed by atoms with Gasteiger partial charge in [-0.3, -0.25) is 0 Å². The maximum absolute atomic E-state index is 12.1. The summed E-state index contributed by atoms with van der Waals surface area (Å²) in [5, 5.41) is 0. The van der Waals surface area contributed by atoms with Gasteiger partial charge in [0.15, 0.2) is 0 Å². The first-order chi connectivity index (χ1) is 8.99. The summed E-state index contributed by atoms with van der Waals surface area (Å²) < 4.78 is 26.8. The summed E-state index contributed by atoms with van der Waals surface area (Å²) in [5.41, 5.74) is 1.05. The molecule has 1 atom stereocenters. The highest BCUT2D eigenvalue weighted by Gasteiger charge is 2.14. The van der Waals surface area contributed by atoms with Gasteiger partial charge >= 0.3 is 0 Å². The molecule has 0 aliphatic heterocycles. The monoisotopic (exact) mass is 321 g/mol. The Morgan fingerprint density at radius 2 is 1.95 bits per heavy atom. The van der Waals surface area contributed by atoms with Gasteiger partial charge in [0.1, 0.15) is 0 Å². The van der Waals surface area contributed by atoms with Gasteiger partial charge in [-0.2, -0.15) is 11.8 Å². The van der Waals surface area contributed by atoms with Gasteiger partial charge in [0.2, 0.25) is 10.0 Å². The number of hydrogen-bond acceptors (Lipinski definition) is 3. The van der Waals surface area contributed by atoms with Gasteiger partial charge in [0.25, 0.3) is 0 Å². The molecule has 0 radical (unpaired) electrons. The molecule has 0 saturated carbocycles. The fraction of sp³-hybridized carbons (Fsp3) is 0.538. The Balaban J connectivity index is 2.66. The summed E-state index contributed by atoms with van der Waals surface area (Å²) in [4.78, 5) is 0.308. The highest BCUT2D eigenvalue weighted by molar-refractivity contribution is 7.98. The number of nitrogens with one attached hydrogen (secondary N) is 1. The quantitative estimate of drug-likeness (QED) is 0.749. The first kappa shape index (κ1) is 16.8. The molecule has 3 nitrogen and oxygen atoms in total. The predicted molar refractivity (Wildman–Crippen MR) is 83.6 cm³/mol. The minimum atomic E-state index is -3.40. The van der Waals surface area contributed by atoms with E-state index < -0.39 is 10.0 Å². The van der Waals surface area contributed by atoms with E-state index in [1.165, 1.54) is 0 Å². The van der Waals surface area contributed by atoms with Crippen LogP contribution in [-0.2, 0) is 16.4 Å². The molecule has 0 aromatic heterocycles. The van der Waals surface area contributed by atoms with Crippen LogP contribution in [-0.4, -0.2) is 32.9 Å². The zero-order chi connectivity index (χ0) is 14.3. The van der Waals surface area contributed by atoms with Crippen LogP contribution in [0.1, 0.15) is 12.5 Å². The number of sulfonamides is 1. The molecule has 0 bridgehead atoms. The van der Waals surface area contributed by atoms with E-state index in [1.807, 2.05) is 25.3 Å². The summed E-state index contributed by atoms with van der Waals surface area (Å²) in [6.45, 7) is 2.50. The molecule has 0 saturated heterocycles. The maximum Gasteiger partial charge on any atom is 0.240 e. The van der Waals surface area contributed by atoms with Crippen molar-refractivity contribution in [1.29, 1.82) is 0 Å². The number of halogens is 1. The molecule has 0 aliphatic carbocycles. The van der Waals surface area contributed by atoms with Crippen molar-refractivity contribution in [1.82, 2.24) is 4.72 Å². The first-order valence-corrected chi connectivity index (χ1v) is 9.54. The third-order valence-electron chi connectivity index (χ3n) is 2.69. The normalized spacial score (nSPS) is 13.4. The van der Waals surface area contributed by atoms with Crippen LogP contribution in [0.5, 0.6) is 0 Å². The van der Waals surface area contributed by atoms with E-state index in [2.05, 4.69) is 4.72 Å². The van der Waals surface area contributed by atoms with Crippen molar-refractivity contribution < 1.29 is 8.42 Å². The van der Waals surface area contributed by atoms with Gasteiger partial charge in [-0.15, -0.1) is 11.6 Å². The molecule has 1 N–H and O–H groups in total. The lowest BCUT2D eigenvalue weighted by atomic mass is 10.2. The van der Waals surface area contributed by atoms with Crippen LogP contribution in [0.2, 0.25) is 0 Å². The van der Waals surface area contributed by atoms with Gasteiger partial charge in [-0.1, -0.05) is 19.1 Å². The molecular formula is C13H20ClNO2S2. The molecular weight excluding hydrogens is 302 g/mol. The zero-order valence-electron chi connectivity index (χ0n) is 11.2. The topological polar surface area (TPSA) is 46.2 Å². The molecule has 0 amide bonds. The number of benzene rings is 1. The molecule has 19 heavy (non-hydrogen) atoms. The lowest BCUT2D eigenvalue weighted by Crippen LogP contribution is -2.29. The Kier molecular flexibility index (Phi) is 7.21. The van der Waals surface area contributed by atoms with Gasteiger partial charge in [0.05, 0.1) is 4.90 Å². The van der Waals surface area contributed by atoms with E-state index in [4.69, 9.17) is 11.6 Å². The SMILES string of the molecule is CSCC(C)CNS(=O)(=O)c1ccc(CCCl)cc1. The van der Waals surface area contributed by atoms with Crippen molar-refractivity contribution in [3.05, 3.63) is 29.8 Å². The highest BCUT2D eigenvalue weighted by atomic mass is 35.5. The third-order valence-corrected chi connectivity index (χ3v) is 5.22. The number of aryl methyl sites for hydroxylation is 1. The summed E-state index contributed by atoms with van der Waals surface area (Å²) in [7, 11) is -3.40. The van der Waals surface area contributed by atoms with Gasteiger partial charge in [0, 0.05) is 12.4 Å². The van der Waals surface area contributed by atoms with E-state index in [1.54, 1.807) is 23.9 Å². The Morgan fingerprint density at radius 1 is 1.32 bits per heavy atom. The lowest BCUT2D eigenvalue weighted by Gasteiger charge is -2.12.